The van der Waals surface area contributed by atoms with Crippen molar-refractivity contribution < 1.29 is 38.1 Å². The number of hydrogen-bond acceptors (Lipinski definition) is 8. The van der Waals surface area contributed by atoms with Gasteiger partial charge in [-0.3, -0.25) is 14.4 Å². The van der Waals surface area contributed by atoms with Gasteiger partial charge in [-0.15, -0.1) is 0 Å². The second kappa shape index (κ2) is 11.2. The lowest BCUT2D eigenvalue weighted by Crippen LogP contribution is -2.64. The summed E-state index contributed by atoms with van der Waals surface area (Å²) in [4.78, 5) is 37.3. The second-order valence-corrected chi connectivity index (χ2v) is 10.9. The van der Waals surface area contributed by atoms with E-state index in [0.717, 1.165) is 0 Å². The molecule has 2 aromatic rings. The predicted molar refractivity (Wildman–Crippen MR) is 128 cm³/mol. The van der Waals surface area contributed by atoms with E-state index >= 15 is 0 Å². The molecule has 0 aromatic heterocycles. The largest absolute Gasteiger partial charge is 0.390 e. The minimum atomic E-state index is -3.99. The minimum absolute atomic E-state index is 0.0562. The maximum Gasteiger partial charge on any atom is 0.252 e. The van der Waals surface area contributed by atoms with Crippen molar-refractivity contribution in [2.75, 3.05) is 5.75 Å². The molecule has 3 rings (SSSR count). The number of hydrogen-bond donors (Lipinski definition) is 6. The summed E-state index contributed by atoms with van der Waals surface area (Å²) in [5.74, 6) is -3.80. The van der Waals surface area contributed by atoms with Gasteiger partial charge >= 0.3 is 0 Å². The van der Waals surface area contributed by atoms with E-state index in [1.807, 2.05) is 0 Å². The van der Waals surface area contributed by atoms with Gasteiger partial charge in [-0.1, -0.05) is 48.5 Å². The molecule has 5 atom stereocenters. The van der Waals surface area contributed by atoms with Crippen LogP contribution in [0.15, 0.2) is 65.6 Å². The molecule has 3 amide bonds. The number of rotatable bonds is 9. The highest BCUT2D eigenvalue weighted by Gasteiger charge is 2.49. The quantitative estimate of drug-likeness (QED) is 0.228. The van der Waals surface area contributed by atoms with Crippen LogP contribution in [0.5, 0.6) is 0 Å². The van der Waals surface area contributed by atoms with E-state index in [9.17, 15) is 38.1 Å². The molecule has 0 heterocycles. The van der Waals surface area contributed by atoms with Crippen molar-refractivity contribution in [3.05, 3.63) is 66.2 Å². The van der Waals surface area contributed by atoms with Crippen LogP contribution < -0.4 is 16.4 Å². The Kier molecular flexibility index (Phi) is 8.46. The number of carbonyl (C=O) groups excluding carboxylic acids is 3. The minimum Gasteiger partial charge on any atom is -0.390 e. The van der Waals surface area contributed by atoms with Gasteiger partial charge in [-0.05, 0) is 17.7 Å². The van der Waals surface area contributed by atoms with Crippen molar-refractivity contribution in [2.45, 2.75) is 54.1 Å². The van der Waals surface area contributed by atoms with Crippen LogP contribution in [-0.4, -0.2) is 77.1 Å². The number of aliphatic hydroxyl groups excluding tert-OH is 2. The van der Waals surface area contributed by atoms with E-state index in [2.05, 4.69) is 10.6 Å². The normalized spacial score (nSPS) is 24.9. The van der Waals surface area contributed by atoms with Crippen molar-refractivity contribution >= 4 is 27.6 Å². The van der Waals surface area contributed by atoms with Crippen LogP contribution in [0.25, 0.3) is 0 Å². The molecule has 0 spiro atoms. The Morgan fingerprint density at radius 2 is 1.58 bits per heavy atom. The summed E-state index contributed by atoms with van der Waals surface area (Å²) in [6, 6.07) is 13.5. The number of carbonyl (C=O) groups is 3. The molecule has 12 heteroatoms. The number of aliphatic hydroxyl groups is 3. The highest BCUT2D eigenvalue weighted by Crippen LogP contribution is 2.30. The van der Waals surface area contributed by atoms with E-state index in [-0.39, 0.29) is 11.3 Å². The van der Waals surface area contributed by atoms with Crippen LogP contribution in [0.1, 0.15) is 18.4 Å². The molecule has 1 fully saturated rings. The fraction of sp³-hybridized carbons (Fsp3) is 0.375. The molecule has 0 radical (unpaired) electrons. The summed E-state index contributed by atoms with van der Waals surface area (Å²) < 4.78 is 24.9. The molecular formula is C24H29N3O8S. The summed E-state index contributed by atoms with van der Waals surface area (Å²) in [5, 5.41) is 36.3. The monoisotopic (exact) mass is 519 g/mol. The molecule has 36 heavy (non-hydrogen) atoms. The summed E-state index contributed by atoms with van der Waals surface area (Å²) in [6.07, 6.45) is -4.25. The Labute approximate surface area is 208 Å². The third-order valence-corrected chi connectivity index (χ3v) is 7.67. The average Bonchev–Trinajstić information content (AvgIpc) is 2.82. The first-order valence-electron chi connectivity index (χ1n) is 11.2. The van der Waals surface area contributed by atoms with Crippen molar-refractivity contribution in [3.8, 4) is 0 Å². The smallest absolute Gasteiger partial charge is 0.252 e. The van der Waals surface area contributed by atoms with Gasteiger partial charge in [0.15, 0.2) is 9.84 Å². The van der Waals surface area contributed by atoms with Crippen LogP contribution in [0.4, 0.5) is 0 Å². The number of primary amides is 1. The Morgan fingerprint density at radius 1 is 1.00 bits per heavy atom. The van der Waals surface area contributed by atoms with Gasteiger partial charge in [-0.25, -0.2) is 8.42 Å². The zero-order valence-corrected chi connectivity index (χ0v) is 20.1. The molecule has 5 unspecified atom stereocenters. The van der Waals surface area contributed by atoms with Crippen LogP contribution in [0.3, 0.4) is 0 Å². The first-order chi connectivity index (χ1) is 16.9. The molecule has 7 N–H and O–H groups in total. The van der Waals surface area contributed by atoms with Gasteiger partial charge in [0, 0.05) is 19.3 Å². The topological polar surface area (TPSA) is 196 Å². The Morgan fingerprint density at radius 3 is 2.17 bits per heavy atom. The number of sulfone groups is 1. The molecule has 1 aliphatic carbocycles. The Hall–Kier alpha value is -3.32. The van der Waals surface area contributed by atoms with E-state index in [4.69, 9.17) is 5.73 Å². The lowest BCUT2D eigenvalue weighted by atomic mass is 9.77. The SMILES string of the molecule is NC(=O)C(Cc1ccccc1)NC(=O)C1(O)CC(O)C(O)C(NC(=O)CS(=O)(=O)c2ccccc2)C1. The fourth-order valence-electron chi connectivity index (χ4n) is 4.12. The third kappa shape index (κ3) is 6.66. The van der Waals surface area contributed by atoms with Crippen LogP contribution in [-0.2, 0) is 30.6 Å². The van der Waals surface area contributed by atoms with Crippen molar-refractivity contribution in [2.24, 2.45) is 5.73 Å². The molecule has 0 bridgehead atoms. The van der Waals surface area contributed by atoms with Gasteiger partial charge in [0.1, 0.15) is 23.5 Å². The second-order valence-electron chi connectivity index (χ2n) is 8.86. The summed E-state index contributed by atoms with van der Waals surface area (Å²) in [6.45, 7) is 0. The molecule has 1 aliphatic rings. The number of nitrogens with one attached hydrogen (secondary N) is 2. The highest BCUT2D eigenvalue weighted by atomic mass is 32.2. The van der Waals surface area contributed by atoms with Crippen molar-refractivity contribution in [3.63, 3.8) is 0 Å². The van der Waals surface area contributed by atoms with Gasteiger partial charge in [0.25, 0.3) is 5.91 Å². The van der Waals surface area contributed by atoms with E-state index in [0.29, 0.717) is 5.56 Å². The van der Waals surface area contributed by atoms with Gasteiger partial charge in [0.05, 0.1) is 17.0 Å². The van der Waals surface area contributed by atoms with Crippen LogP contribution in [0, 0.1) is 0 Å². The lowest BCUT2D eigenvalue weighted by Gasteiger charge is -2.41. The third-order valence-electron chi connectivity index (χ3n) is 6.03. The number of benzene rings is 2. The molecule has 194 valence electrons. The predicted octanol–water partition coefficient (Wildman–Crippen LogP) is -1.60. The van der Waals surface area contributed by atoms with Gasteiger partial charge < -0.3 is 31.7 Å². The van der Waals surface area contributed by atoms with Gasteiger partial charge in [0.2, 0.25) is 11.8 Å². The fourth-order valence-corrected chi connectivity index (χ4v) is 5.29. The standard InChI is InChI=1S/C24H29N3O8S/c25-22(31)17(11-15-7-3-1-4-8-15)27-23(32)24(33)12-18(21(30)19(28)13-24)26-20(29)14-36(34,35)16-9-5-2-6-10-16/h1-10,17-19,21,28,30,33H,11-14H2,(H2,25,31)(H,26,29)(H,27,32). The molecule has 0 saturated heterocycles. The first-order valence-corrected chi connectivity index (χ1v) is 12.9. The number of amides is 3. The van der Waals surface area contributed by atoms with Crippen molar-refractivity contribution in [1.29, 1.82) is 0 Å². The molecule has 1 saturated carbocycles. The van der Waals surface area contributed by atoms with Gasteiger partial charge in [-0.2, -0.15) is 0 Å². The summed E-state index contributed by atoms with van der Waals surface area (Å²) in [5.41, 5.74) is 3.84. The average molecular weight is 520 g/mol. The zero-order valence-electron chi connectivity index (χ0n) is 19.3. The number of nitrogens with two attached hydrogens (primary N) is 1. The maximum atomic E-state index is 13.0. The van der Waals surface area contributed by atoms with Crippen molar-refractivity contribution in [1.82, 2.24) is 10.6 Å². The Bertz CT molecular complexity index is 1190. The summed E-state index contributed by atoms with van der Waals surface area (Å²) >= 11 is 0. The highest BCUT2D eigenvalue weighted by molar-refractivity contribution is 7.92. The van der Waals surface area contributed by atoms with Crippen LogP contribution >= 0.6 is 0 Å². The molecule has 2 aromatic carbocycles. The van der Waals surface area contributed by atoms with E-state index in [1.165, 1.54) is 24.3 Å². The maximum absolute atomic E-state index is 13.0. The zero-order chi connectivity index (χ0) is 26.5. The Balaban J connectivity index is 1.70. The summed E-state index contributed by atoms with van der Waals surface area (Å²) in [7, 11) is -3.99. The lowest BCUT2D eigenvalue weighted by molar-refractivity contribution is -0.160. The van der Waals surface area contributed by atoms with E-state index < -0.39 is 76.0 Å². The van der Waals surface area contributed by atoms with Crippen LogP contribution in [0.2, 0.25) is 0 Å². The molecule has 11 nitrogen and oxygen atoms in total. The molecule has 0 aliphatic heterocycles. The molecular weight excluding hydrogens is 490 g/mol. The first kappa shape index (κ1) is 27.3. The van der Waals surface area contributed by atoms with E-state index in [1.54, 1.807) is 36.4 Å².